The van der Waals surface area contributed by atoms with E-state index in [9.17, 15) is 9.59 Å². The summed E-state index contributed by atoms with van der Waals surface area (Å²) < 4.78 is 5.30. The molecule has 1 amide bonds. The van der Waals surface area contributed by atoms with Gasteiger partial charge in [-0.15, -0.1) is 0 Å². The Morgan fingerprint density at radius 2 is 1.85 bits per heavy atom. The monoisotopic (exact) mass is 282 g/mol. The number of rotatable bonds is 3. The molecular weight excluding hydrogens is 260 g/mol. The standard InChI is InChI=1S/C14H22N2O4/c15-12-7-20-6-11(12)14(19)16-9-1-2-10(16)4-8(3-9)5-13(17)18/h8-12H,1-7,15H2,(H,17,18). The van der Waals surface area contributed by atoms with E-state index in [4.69, 9.17) is 15.6 Å². The Bertz CT molecular complexity index is 400. The zero-order valence-corrected chi connectivity index (χ0v) is 11.5. The number of piperidine rings is 1. The molecule has 3 rings (SSSR count). The Kier molecular flexibility index (Phi) is 3.69. The lowest BCUT2D eigenvalue weighted by molar-refractivity contribution is -0.142. The van der Waals surface area contributed by atoms with Crippen molar-refractivity contribution in [3.63, 3.8) is 0 Å². The van der Waals surface area contributed by atoms with Gasteiger partial charge in [0.1, 0.15) is 0 Å². The van der Waals surface area contributed by atoms with Crippen LogP contribution >= 0.6 is 0 Å². The van der Waals surface area contributed by atoms with Crippen LogP contribution in [-0.4, -0.2) is 53.2 Å². The molecule has 20 heavy (non-hydrogen) atoms. The number of aliphatic carboxylic acids is 1. The average Bonchev–Trinajstić information content (AvgIpc) is 2.90. The van der Waals surface area contributed by atoms with Crippen molar-refractivity contribution >= 4 is 11.9 Å². The molecule has 3 fully saturated rings. The van der Waals surface area contributed by atoms with E-state index in [0.29, 0.717) is 13.2 Å². The Morgan fingerprint density at radius 1 is 1.20 bits per heavy atom. The van der Waals surface area contributed by atoms with Crippen molar-refractivity contribution in [1.29, 1.82) is 0 Å². The van der Waals surface area contributed by atoms with Gasteiger partial charge in [0.05, 0.1) is 19.1 Å². The fraction of sp³-hybridized carbons (Fsp3) is 0.857. The Balaban J connectivity index is 1.67. The predicted octanol–water partition coefficient (Wildman–Crippen LogP) is 0.204. The van der Waals surface area contributed by atoms with E-state index in [1.807, 2.05) is 4.90 Å². The van der Waals surface area contributed by atoms with Gasteiger partial charge in [-0.2, -0.15) is 0 Å². The Hall–Kier alpha value is -1.14. The van der Waals surface area contributed by atoms with Gasteiger partial charge in [-0.05, 0) is 31.6 Å². The van der Waals surface area contributed by atoms with Crippen molar-refractivity contribution < 1.29 is 19.4 Å². The number of hydrogen-bond acceptors (Lipinski definition) is 4. The lowest BCUT2D eigenvalue weighted by Crippen LogP contribution is -2.52. The number of amides is 1. The zero-order valence-electron chi connectivity index (χ0n) is 11.5. The largest absolute Gasteiger partial charge is 0.481 e. The minimum Gasteiger partial charge on any atom is -0.481 e. The van der Waals surface area contributed by atoms with E-state index in [0.717, 1.165) is 25.7 Å². The van der Waals surface area contributed by atoms with Crippen molar-refractivity contribution in [2.75, 3.05) is 13.2 Å². The number of ether oxygens (including phenoxy) is 1. The summed E-state index contributed by atoms with van der Waals surface area (Å²) in [7, 11) is 0. The van der Waals surface area contributed by atoms with Crippen molar-refractivity contribution in [3.05, 3.63) is 0 Å². The molecule has 4 atom stereocenters. The van der Waals surface area contributed by atoms with Crippen LogP contribution < -0.4 is 5.73 Å². The molecule has 3 heterocycles. The summed E-state index contributed by atoms with van der Waals surface area (Å²) in [4.78, 5) is 25.5. The highest BCUT2D eigenvalue weighted by Gasteiger charge is 2.46. The van der Waals surface area contributed by atoms with Crippen molar-refractivity contribution in [3.8, 4) is 0 Å². The minimum absolute atomic E-state index is 0.122. The third kappa shape index (κ3) is 2.42. The quantitative estimate of drug-likeness (QED) is 0.771. The van der Waals surface area contributed by atoms with Crippen LogP contribution in [0.2, 0.25) is 0 Å². The molecular formula is C14H22N2O4. The molecule has 0 spiro atoms. The molecule has 3 saturated heterocycles. The van der Waals surface area contributed by atoms with Gasteiger partial charge in [0.2, 0.25) is 5.91 Å². The Morgan fingerprint density at radius 3 is 2.35 bits per heavy atom. The highest BCUT2D eigenvalue weighted by Crippen LogP contribution is 2.41. The number of carboxylic acid groups (broad SMARTS) is 1. The van der Waals surface area contributed by atoms with Gasteiger partial charge in [-0.25, -0.2) is 0 Å². The van der Waals surface area contributed by atoms with Gasteiger partial charge in [0.25, 0.3) is 0 Å². The fourth-order valence-corrected chi connectivity index (χ4v) is 4.08. The molecule has 3 N–H and O–H groups in total. The van der Waals surface area contributed by atoms with E-state index in [2.05, 4.69) is 0 Å². The summed E-state index contributed by atoms with van der Waals surface area (Å²) in [6.45, 7) is 0.885. The first kappa shape index (κ1) is 13.8. The second kappa shape index (κ2) is 5.33. The van der Waals surface area contributed by atoms with Gasteiger partial charge in [0.15, 0.2) is 0 Å². The number of nitrogens with zero attached hydrogens (tertiary/aromatic N) is 1. The summed E-state index contributed by atoms with van der Waals surface area (Å²) in [6.07, 6.45) is 3.85. The average molecular weight is 282 g/mol. The number of hydrogen-bond donors (Lipinski definition) is 2. The fourth-order valence-electron chi connectivity index (χ4n) is 4.08. The molecule has 0 saturated carbocycles. The molecule has 3 aliphatic rings. The van der Waals surface area contributed by atoms with Crippen LogP contribution in [0.3, 0.4) is 0 Å². The van der Waals surface area contributed by atoms with Crippen molar-refractivity contribution in [2.24, 2.45) is 17.6 Å². The second-order valence-electron chi connectivity index (χ2n) is 6.37. The van der Waals surface area contributed by atoms with Gasteiger partial charge in [-0.3, -0.25) is 9.59 Å². The van der Waals surface area contributed by atoms with Crippen molar-refractivity contribution in [2.45, 2.75) is 50.2 Å². The SMILES string of the molecule is NC1COCC1C(=O)N1C2CCC1CC(CC(=O)O)C2. The van der Waals surface area contributed by atoms with Crippen LogP contribution in [0.25, 0.3) is 0 Å². The highest BCUT2D eigenvalue weighted by atomic mass is 16.5. The van der Waals surface area contributed by atoms with E-state index in [1.165, 1.54) is 0 Å². The molecule has 0 aromatic carbocycles. The molecule has 0 radical (unpaired) electrons. The third-order valence-corrected chi connectivity index (χ3v) is 4.99. The van der Waals surface area contributed by atoms with Crippen LogP contribution in [0.5, 0.6) is 0 Å². The predicted molar refractivity (Wildman–Crippen MR) is 70.9 cm³/mol. The van der Waals surface area contributed by atoms with Crippen LogP contribution in [0.15, 0.2) is 0 Å². The molecule has 6 nitrogen and oxygen atoms in total. The number of carboxylic acids is 1. The molecule has 2 bridgehead atoms. The number of carbonyl (C=O) groups is 2. The first-order chi connectivity index (χ1) is 9.56. The summed E-state index contributed by atoms with van der Waals surface area (Å²) in [5, 5.41) is 8.93. The first-order valence-electron chi connectivity index (χ1n) is 7.43. The van der Waals surface area contributed by atoms with Crippen molar-refractivity contribution in [1.82, 2.24) is 4.90 Å². The maximum absolute atomic E-state index is 12.7. The maximum atomic E-state index is 12.7. The molecule has 0 aromatic heterocycles. The molecule has 3 aliphatic heterocycles. The first-order valence-corrected chi connectivity index (χ1v) is 7.43. The number of carbonyl (C=O) groups excluding carboxylic acids is 1. The topological polar surface area (TPSA) is 92.9 Å². The van der Waals surface area contributed by atoms with Gasteiger partial charge in [-0.1, -0.05) is 0 Å². The minimum atomic E-state index is -0.736. The summed E-state index contributed by atoms with van der Waals surface area (Å²) in [5.74, 6) is -0.617. The lowest BCUT2D eigenvalue weighted by Gasteiger charge is -2.40. The zero-order chi connectivity index (χ0) is 14.3. The normalized spacial score (nSPS) is 40.0. The van der Waals surface area contributed by atoms with E-state index < -0.39 is 5.97 Å². The van der Waals surface area contributed by atoms with Gasteiger partial charge < -0.3 is 20.5 Å². The van der Waals surface area contributed by atoms with Crippen LogP contribution in [-0.2, 0) is 14.3 Å². The molecule has 6 heteroatoms. The van der Waals surface area contributed by atoms with E-state index >= 15 is 0 Å². The summed E-state index contributed by atoms with van der Waals surface area (Å²) >= 11 is 0. The van der Waals surface area contributed by atoms with E-state index in [1.54, 1.807) is 0 Å². The number of fused-ring (bicyclic) bond motifs is 2. The van der Waals surface area contributed by atoms with Gasteiger partial charge in [0, 0.05) is 24.5 Å². The smallest absolute Gasteiger partial charge is 0.303 e. The van der Waals surface area contributed by atoms with Crippen LogP contribution in [0.4, 0.5) is 0 Å². The highest BCUT2D eigenvalue weighted by molar-refractivity contribution is 5.81. The maximum Gasteiger partial charge on any atom is 0.303 e. The van der Waals surface area contributed by atoms with E-state index in [-0.39, 0.29) is 42.3 Å². The Labute approximate surface area is 118 Å². The second-order valence-corrected chi connectivity index (χ2v) is 6.37. The van der Waals surface area contributed by atoms with Crippen LogP contribution in [0, 0.1) is 11.8 Å². The van der Waals surface area contributed by atoms with Gasteiger partial charge >= 0.3 is 5.97 Å². The summed E-state index contributed by atoms with van der Waals surface area (Å²) in [6, 6.07) is 0.218. The summed E-state index contributed by atoms with van der Waals surface area (Å²) in [5.41, 5.74) is 5.94. The molecule has 112 valence electrons. The third-order valence-electron chi connectivity index (χ3n) is 4.99. The molecule has 0 aliphatic carbocycles. The van der Waals surface area contributed by atoms with Crippen LogP contribution in [0.1, 0.15) is 32.1 Å². The molecule has 0 aromatic rings. The molecule has 4 unspecified atom stereocenters. The number of nitrogens with two attached hydrogens (primary N) is 1. The lowest BCUT2D eigenvalue weighted by atomic mass is 9.87.